The topological polar surface area (TPSA) is 68.5 Å². The highest BCUT2D eigenvalue weighted by atomic mass is 16.5. The summed E-state index contributed by atoms with van der Waals surface area (Å²) in [5.74, 6) is 2.35. The van der Waals surface area contributed by atoms with Crippen LogP contribution in [0.15, 0.2) is 65.2 Å². The summed E-state index contributed by atoms with van der Waals surface area (Å²) >= 11 is 0. The van der Waals surface area contributed by atoms with Crippen LogP contribution in [0.2, 0.25) is 0 Å². The van der Waals surface area contributed by atoms with Gasteiger partial charge in [-0.25, -0.2) is 0 Å². The zero-order chi connectivity index (χ0) is 23.7. The summed E-state index contributed by atoms with van der Waals surface area (Å²) in [5, 5.41) is 4.19. The number of hydrogen-bond acceptors (Lipinski definition) is 6. The number of carbonyl (C=O) groups is 1. The van der Waals surface area contributed by atoms with E-state index in [2.05, 4.69) is 27.2 Å². The molecule has 6 heteroatoms. The molecule has 1 aromatic heterocycles. The van der Waals surface area contributed by atoms with Gasteiger partial charge in [0.15, 0.2) is 5.82 Å². The molecule has 3 atom stereocenters. The van der Waals surface area contributed by atoms with Crippen LogP contribution in [0.4, 0.5) is 0 Å². The van der Waals surface area contributed by atoms with Crippen molar-refractivity contribution in [3.8, 4) is 11.5 Å². The number of esters is 1. The van der Waals surface area contributed by atoms with E-state index in [1.54, 1.807) is 0 Å². The van der Waals surface area contributed by atoms with Gasteiger partial charge in [-0.2, -0.15) is 4.98 Å². The van der Waals surface area contributed by atoms with E-state index in [0.717, 1.165) is 68.6 Å². The summed E-state index contributed by atoms with van der Waals surface area (Å²) in [6, 6.07) is 20.2. The smallest absolute Gasteiger partial charge is 0.316 e. The quantitative estimate of drug-likeness (QED) is 0.449. The molecule has 182 valence electrons. The van der Waals surface area contributed by atoms with Crippen LogP contribution in [0.5, 0.6) is 0 Å². The summed E-state index contributed by atoms with van der Waals surface area (Å²) in [4.78, 5) is 20.6. The van der Waals surface area contributed by atoms with E-state index in [9.17, 15) is 4.79 Å². The average molecular weight is 472 g/mol. The fraction of sp³-hybridized carbons (Fsp3) is 0.483. The highest BCUT2D eigenvalue weighted by Crippen LogP contribution is 2.46. The number of nitrogens with zero attached hydrogens (tertiary/aromatic N) is 3. The summed E-state index contributed by atoms with van der Waals surface area (Å²) in [5.41, 5.74) is 1.62. The van der Waals surface area contributed by atoms with Crippen LogP contribution in [0.1, 0.15) is 56.3 Å². The second kappa shape index (κ2) is 9.57. The van der Waals surface area contributed by atoms with Crippen LogP contribution < -0.4 is 0 Å². The molecule has 3 fully saturated rings. The predicted octanol–water partition coefficient (Wildman–Crippen LogP) is 5.39. The van der Waals surface area contributed by atoms with Gasteiger partial charge in [0.05, 0.1) is 12.0 Å². The molecule has 1 saturated heterocycles. The van der Waals surface area contributed by atoms with Crippen LogP contribution in [-0.4, -0.2) is 40.2 Å². The van der Waals surface area contributed by atoms with Gasteiger partial charge in [0, 0.05) is 18.0 Å². The first-order valence-electron chi connectivity index (χ1n) is 13.1. The Kier molecular flexibility index (Phi) is 6.15. The fourth-order valence-electron chi connectivity index (χ4n) is 6.41. The van der Waals surface area contributed by atoms with E-state index >= 15 is 0 Å². The molecule has 2 heterocycles. The van der Waals surface area contributed by atoms with Gasteiger partial charge in [-0.05, 0) is 55.8 Å². The minimum absolute atomic E-state index is 0.00881. The first kappa shape index (κ1) is 22.5. The van der Waals surface area contributed by atoms with Crippen molar-refractivity contribution in [3.63, 3.8) is 0 Å². The van der Waals surface area contributed by atoms with Gasteiger partial charge in [0.2, 0.25) is 0 Å². The van der Waals surface area contributed by atoms with Gasteiger partial charge >= 0.3 is 5.97 Å². The van der Waals surface area contributed by atoms with Gasteiger partial charge in [-0.1, -0.05) is 73.0 Å². The SMILES string of the molecule is O=C(O[C@H]1CC2CN(Cc3noc(-c4ccccc4)n3)CC[C@@H]21)C1(c2ccccc2)CCCCC1. The van der Waals surface area contributed by atoms with Crippen molar-refractivity contribution in [2.24, 2.45) is 11.8 Å². The summed E-state index contributed by atoms with van der Waals surface area (Å²) in [6.07, 6.45) is 7.27. The molecule has 2 aromatic carbocycles. The van der Waals surface area contributed by atoms with Crippen molar-refractivity contribution in [1.82, 2.24) is 15.0 Å². The second-order valence-electron chi connectivity index (χ2n) is 10.5. The molecule has 0 bridgehead atoms. The Morgan fingerprint density at radius 2 is 1.77 bits per heavy atom. The van der Waals surface area contributed by atoms with E-state index in [-0.39, 0.29) is 12.1 Å². The number of benzene rings is 2. The standard InChI is InChI=1S/C29H33N3O3/c33-28(29(15-8-3-9-16-29)23-12-6-2-7-13-23)34-25-18-22-19-32(17-14-24(22)25)20-26-30-27(35-31-26)21-10-4-1-5-11-21/h1-2,4-7,10-13,22,24-25H,3,8-9,14-20H2/t22?,24-,25-/m0/s1. The average Bonchev–Trinajstić information content (AvgIpc) is 3.37. The number of fused-ring (bicyclic) bond motifs is 1. The summed E-state index contributed by atoms with van der Waals surface area (Å²) in [7, 11) is 0. The molecule has 2 aliphatic carbocycles. The van der Waals surface area contributed by atoms with Crippen LogP contribution >= 0.6 is 0 Å². The first-order chi connectivity index (χ1) is 17.2. The molecule has 0 amide bonds. The normalized spacial score (nSPS) is 25.9. The molecule has 1 aliphatic heterocycles. The molecule has 0 radical (unpaired) electrons. The highest BCUT2D eigenvalue weighted by molar-refractivity contribution is 5.83. The maximum atomic E-state index is 13.6. The first-order valence-corrected chi connectivity index (χ1v) is 13.1. The van der Waals surface area contributed by atoms with Gasteiger partial charge in [0.25, 0.3) is 5.89 Å². The molecule has 6 rings (SSSR count). The molecule has 35 heavy (non-hydrogen) atoms. The molecule has 1 unspecified atom stereocenters. The maximum absolute atomic E-state index is 13.6. The van der Waals surface area contributed by atoms with Crippen LogP contribution in [0, 0.1) is 11.8 Å². The number of carbonyl (C=O) groups excluding carboxylic acids is 1. The number of ether oxygens (including phenoxy) is 1. The Labute approximate surface area is 206 Å². The van der Waals surface area contributed by atoms with Crippen LogP contribution in [0.25, 0.3) is 11.5 Å². The van der Waals surface area contributed by atoms with E-state index in [0.29, 0.717) is 24.3 Å². The van der Waals surface area contributed by atoms with Crippen LogP contribution in [-0.2, 0) is 21.5 Å². The second-order valence-corrected chi connectivity index (χ2v) is 10.5. The lowest BCUT2D eigenvalue weighted by atomic mass is 9.66. The Balaban J connectivity index is 1.05. The van der Waals surface area contributed by atoms with Crippen molar-refractivity contribution in [2.75, 3.05) is 13.1 Å². The Bertz CT molecular complexity index is 1140. The third-order valence-corrected chi connectivity index (χ3v) is 8.43. The van der Waals surface area contributed by atoms with Crippen molar-refractivity contribution >= 4 is 5.97 Å². The zero-order valence-electron chi connectivity index (χ0n) is 20.1. The van der Waals surface area contributed by atoms with Crippen molar-refractivity contribution in [2.45, 2.75) is 63.0 Å². The third-order valence-electron chi connectivity index (χ3n) is 8.43. The zero-order valence-corrected chi connectivity index (χ0v) is 20.1. The number of likely N-dealkylation sites (tertiary alicyclic amines) is 1. The van der Waals surface area contributed by atoms with E-state index in [1.165, 1.54) is 6.42 Å². The minimum atomic E-state index is -0.458. The number of rotatable bonds is 6. The number of aromatic nitrogens is 2. The van der Waals surface area contributed by atoms with Crippen molar-refractivity contribution < 1.29 is 14.1 Å². The Morgan fingerprint density at radius 1 is 1.03 bits per heavy atom. The highest BCUT2D eigenvalue weighted by Gasteiger charge is 2.50. The predicted molar refractivity (Wildman–Crippen MR) is 132 cm³/mol. The van der Waals surface area contributed by atoms with Crippen LogP contribution in [0.3, 0.4) is 0 Å². The lowest BCUT2D eigenvalue weighted by molar-refractivity contribution is -0.177. The molecule has 3 aromatic rings. The Hall–Kier alpha value is -2.99. The molecule has 2 saturated carbocycles. The fourth-order valence-corrected chi connectivity index (χ4v) is 6.41. The van der Waals surface area contributed by atoms with E-state index in [4.69, 9.17) is 9.26 Å². The summed E-state index contributed by atoms with van der Waals surface area (Å²) in [6.45, 7) is 2.66. The molecule has 0 spiro atoms. The monoisotopic (exact) mass is 471 g/mol. The number of hydrogen-bond donors (Lipinski definition) is 0. The molecule has 0 N–H and O–H groups in total. The molecular formula is C29H33N3O3. The van der Waals surface area contributed by atoms with Gasteiger partial charge in [0.1, 0.15) is 6.10 Å². The summed E-state index contributed by atoms with van der Waals surface area (Å²) < 4.78 is 11.7. The van der Waals surface area contributed by atoms with Gasteiger partial charge in [-0.3, -0.25) is 9.69 Å². The molecule has 6 nitrogen and oxygen atoms in total. The molecule has 3 aliphatic rings. The number of piperidine rings is 1. The minimum Gasteiger partial charge on any atom is -0.461 e. The Morgan fingerprint density at radius 3 is 2.51 bits per heavy atom. The lowest BCUT2D eigenvalue weighted by Crippen LogP contribution is -2.55. The third kappa shape index (κ3) is 4.40. The van der Waals surface area contributed by atoms with Crippen molar-refractivity contribution in [3.05, 3.63) is 72.1 Å². The lowest BCUT2D eigenvalue weighted by Gasteiger charge is -2.50. The van der Waals surface area contributed by atoms with E-state index in [1.807, 2.05) is 48.5 Å². The maximum Gasteiger partial charge on any atom is 0.316 e. The van der Waals surface area contributed by atoms with E-state index < -0.39 is 5.41 Å². The van der Waals surface area contributed by atoms with Crippen molar-refractivity contribution in [1.29, 1.82) is 0 Å². The van der Waals surface area contributed by atoms with Gasteiger partial charge < -0.3 is 9.26 Å². The molecular weight excluding hydrogens is 438 g/mol. The van der Waals surface area contributed by atoms with Gasteiger partial charge in [-0.15, -0.1) is 0 Å². The largest absolute Gasteiger partial charge is 0.461 e.